The number of hydrogen-bond acceptors (Lipinski definition) is 2. The third-order valence-electron chi connectivity index (χ3n) is 6.07. The van der Waals surface area contributed by atoms with Gasteiger partial charge in [0.25, 0.3) is 0 Å². The van der Waals surface area contributed by atoms with E-state index in [9.17, 15) is 9.59 Å². The van der Waals surface area contributed by atoms with Crippen LogP contribution in [0.4, 0.5) is 0 Å². The van der Waals surface area contributed by atoms with Gasteiger partial charge in [-0.1, -0.05) is 54.6 Å². The minimum Gasteiger partial charge on any atom is -0.353 e. The smallest absolute Gasteiger partial charge is 0.228 e. The molecule has 1 aliphatic carbocycles. The number of nitrogens with one attached hydrogen (secondary N) is 1. The molecule has 4 nitrogen and oxygen atoms in total. The largest absolute Gasteiger partial charge is 0.353 e. The number of amides is 2. The lowest BCUT2D eigenvalue weighted by molar-refractivity contribution is -0.134. The average Bonchev–Trinajstić information content (AvgIpc) is 3.48. The van der Waals surface area contributed by atoms with Gasteiger partial charge in [0.1, 0.15) is 0 Å². The molecule has 2 amide bonds. The average molecular weight is 391 g/mol. The molecule has 2 fully saturated rings. The van der Waals surface area contributed by atoms with Gasteiger partial charge in [-0.25, -0.2) is 0 Å². The molecule has 0 radical (unpaired) electrons. The van der Waals surface area contributed by atoms with Gasteiger partial charge in [0.15, 0.2) is 0 Å². The molecule has 1 atom stereocenters. The third-order valence-corrected chi connectivity index (χ3v) is 6.07. The molecule has 0 bridgehead atoms. The lowest BCUT2D eigenvalue weighted by Crippen LogP contribution is -2.47. The Labute approximate surface area is 173 Å². The molecular weight excluding hydrogens is 360 g/mol. The molecule has 1 N–H and O–H groups in total. The van der Waals surface area contributed by atoms with E-state index in [1.807, 2.05) is 36.9 Å². The normalized spacial score (nSPS) is 21.4. The summed E-state index contributed by atoms with van der Waals surface area (Å²) in [4.78, 5) is 27.8. The third kappa shape index (κ3) is 4.36. The van der Waals surface area contributed by atoms with E-state index in [2.05, 4.69) is 41.7 Å². The van der Waals surface area contributed by atoms with E-state index in [0.717, 1.165) is 30.4 Å². The van der Waals surface area contributed by atoms with Crippen molar-refractivity contribution in [2.45, 2.75) is 45.6 Å². The number of rotatable bonds is 6. The molecule has 0 spiro atoms. The molecule has 1 heterocycles. The second-order valence-electron chi connectivity index (χ2n) is 8.94. The van der Waals surface area contributed by atoms with Gasteiger partial charge in [-0.05, 0) is 56.2 Å². The molecule has 2 aliphatic rings. The Morgan fingerprint density at radius 1 is 1.07 bits per heavy atom. The second kappa shape index (κ2) is 8.02. The van der Waals surface area contributed by atoms with Crippen LogP contribution < -0.4 is 5.32 Å². The van der Waals surface area contributed by atoms with Gasteiger partial charge in [0, 0.05) is 25.0 Å². The number of carbonyl (C=O) groups excluding carboxylic acids is 2. The number of carbonyl (C=O) groups is 2. The first kappa shape index (κ1) is 19.7. The number of nitrogens with zero attached hydrogens (tertiary/aromatic N) is 1. The molecule has 2 aromatic carbocycles. The van der Waals surface area contributed by atoms with Crippen LogP contribution in [0.2, 0.25) is 0 Å². The van der Waals surface area contributed by atoms with Crippen LogP contribution in [-0.4, -0.2) is 35.8 Å². The Balaban J connectivity index is 1.59. The standard InChI is InChI=1S/C25H30N2O2/c1-18(2)26-24(29)25(13-14-27(17-25)23(28)21-11-12-21)16-19-7-6-10-22(15-19)20-8-4-3-5-9-20/h3-10,15,18,21H,11-14,16-17H2,1-2H3,(H,26,29)/t25-/m0/s1. The fourth-order valence-electron chi connectivity index (χ4n) is 4.36. The summed E-state index contributed by atoms with van der Waals surface area (Å²) in [6.07, 6.45) is 3.37. The van der Waals surface area contributed by atoms with Crippen LogP contribution in [0, 0.1) is 11.3 Å². The number of benzene rings is 2. The van der Waals surface area contributed by atoms with Crippen LogP contribution in [0.3, 0.4) is 0 Å². The molecule has 1 saturated carbocycles. The Kier molecular flexibility index (Phi) is 5.44. The van der Waals surface area contributed by atoms with Crippen molar-refractivity contribution in [2.24, 2.45) is 11.3 Å². The van der Waals surface area contributed by atoms with Gasteiger partial charge in [-0.15, -0.1) is 0 Å². The Morgan fingerprint density at radius 2 is 1.79 bits per heavy atom. The summed E-state index contributed by atoms with van der Waals surface area (Å²) in [5.74, 6) is 0.506. The monoisotopic (exact) mass is 390 g/mol. The summed E-state index contributed by atoms with van der Waals surface area (Å²) >= 11 is 0. The van der Waals surface area contributed by atoms with E-state index in [4.69, 9.17) is 0 Å². The summed E-state index contributed by atoms with van der Waals surface area (Å²) < 4.78 is 0. The zero-order valence-electron chi connectivity index (χ0n) is 17.4. The molecule has 1 aliphatic heterocycles. The molecule has 4 heteroatoms. The van der Waals surface area contributed by atoms with E-state index in [-0.39, 0.29) is 23.8 Å². The van der Waals surface area contributed by atoms with Crippen molar-refractivity contribution in [2.75, 3.05) is 13.1 Å². The lowest BCUT2D eigenvalue weighted by Gasteiger charge is -2.29. The Bertz CT molecular complexity index is 889. The van der Waals surface area contributed by atoms with Gasteiger partial charge in [0.2, 0.25) is 11.8 Å². The quantitative estimate of drug-likeness (QED) is 0.809. The van der Waals surface area contributed by atoms with E-state index >= 15 is 0 Å². The van der Waals surface area contributed by atoms with Crippen LogP contribution in [0.1, 0.15) is 38.7 Å². The minimum atomic E-state index is -0.551. The van der Waals surface area contributed by atoms with Crippen LogP contribution in [0.25, 0.3) is 11.1 Å². The molecule has 0 unspecified atom stereocenters. The van der Waals surface area contributed by atoms with E-state index in [1.165, 1.54) is 5.56 Å². The Hall–Kier alpha value is -2.62. The van der Waals surface area contributed by atoms with E-state index in [0.29, 0.717) is 19.5 Å². The summed E-state index contributed by atoms with van der Waals surface area (Å²) in [5, 5.41) is 3.12. The van der Waals surface area contributed by atoms with Gasteiger partial charge >= 0.3 is 0 Å². The van der Waals surface area contributed by atoms with Crippen molar-refractivity contribution in [1.29, 1.82) is 0 Å². The highest BCUT2D eigenvalue weighted by Crippen LogP contribution is 2.39. The summed E-state index contributed by atoms with van der Waals surface area (Å²) in [7, 11) is 0. The van der Waals surface area contributed by atoms with E-state index < -0.39 is 5.41 Å². The molecule has 4 rings (SSSR count). The zero-order chi connectivity index (χ0) is 20.4. The number of hydrogen-bond donors (Lipinski definition) is 1. The first-order valence-electron chi connectivity index (χ1n) is 10.7. The van der Waals surface area contributed by atoms with Crippen LogP contribution >= 0.6 is 0 Å². The predicted molar refractivity (Wildman–Crippen MR) is 115 cm³/mol. The molecule has 0 aromatic heterocycles. The Morgan fingerprint density at radius 3 is 2.48 bits per heavy atom. The highest BCUT2D eigenvalue weighted by Gasteiger charge is 2.48. The van der Waals surface area contributed by atoms with Crippen LogP contribution in [0.15, 0.2) is 54.6 Å². The van der Waals surface area contributed by atoms with Crippen molar-refractivity contribution in [1.82, 2.24) is 10.2 Å². The first-order valence-corrected chi connectivity index (χ1v) is 10.7. The molecule has 29 heavy (non-hydrogen) atoms. The molecule has 1 saturated heterocycles. The SMILES string of the molecule is CC(C)NC(=O)[C@]1(Cc2cccc(-c3ccccc3)c2)CCN(C(=O)C2CC2)C1. The second-order valence-corrected chi connectivity index (χ2v) is 8.94. The molecule has 2 aromatic rings. The van der Waals surface area contributed by atoms with Crippen LogP contribution in [0.5, 0.6) is 0 Å². The lowest BCUT2D eigenvalue weighted by atomic mass is 9.79. The van der Waals surface area contributed by atoms with Crippen molar-refractivity contribution in [3.63, 3.8) is 0 Å². The highest BCUT2D eigenvalue weighted by molar-refractivity contribution is 5.87. The van der Waals surface area contributed by atoms with Gasteiger partial charge in [-0.2, -0.15) is 0 Å². The highest BCUT2D eigenvalue weighted by atomic mass is 16.2. The van der Waals surface area contributed by atoms with Crippen molar-refractivity contribution in [3.05, 3.63) is 60.2 Å². The van der Waals surface area contributed by atoms with Gasteiger partial charge in [0.05, 0.1) is 5.41 Å². The fourth-order valence-corrected chi connectivity index (χ4v) is 4.36. The van der Waals surface area contributed by atoms with E-state index in [1.54, 1.807) is 0 Å². The maximum absolute atomic E-state index is 13.2. The minimum absolute atomic E-state index is 0.0729. The van der Waals surface area contributed by atoms with Gasteiger partial charge in [-0.3, -0.25) is 9.59 Å². The molecular formula is C25H30N2O2. The summed E-state index contributed by atoms with van der Waals surface area (Å²) in [5.41, 5.74) is 2.92. The fraction of sp³-hybridized carbons (Fsp3) is 0.440. The van der Waals surface area contributed by atoms with Gasteiger partial charge < -0.3 is 10.2 Å². The zero-order valence-corrected chi connectivity index (χ0v) is 17.4. The van der Waals surface area contributed by atoms with Crippen molar-refractivity contribution in [3.8, 4) is 11.1 Å². The maximum atomic E-state index is 13.2. The van der Waals surface area contributed by atoms with Crippen molar-refractivity contribution < 1.29 is 9.59 Å². The number of likely N-dealkylation sites (tertiary alicyclic amines) is 1. The van der Waals surface area contributed by atoms with Crippen LogP contribution in [-0.2, 0) is 16.0 Å². The summed E-state index contributed by atoms with van der Waals surface area (Å²) in [6, 6.07) is 18.8. The maximum Gasteiger partial charge on any atom is 0.228 e. The first-order chi connectivity index (χ1) is 14.0. The van der Waals surface area contributed by atoms with Crippen molar-refractivity contribution >= 4 is 11.8 Å². The summed E-state index contributed by atoms with van der Waals surface area (Å²) in [6.45, 7) is 5.18. The molecule has 152 valence electrons. The topological polar surface area (TPSA) is 49.4 Å². The predicted octanol–water partition coefficient (Wildman–Crippen LogP) is 4.05.